The van der Waals surface area contributed by atoms with Gasteiger partial charge in [-0.3, -0.25) is 19.4 Å². The molecule has 0 bridgehead atoms. The molecule has 1 heterocycles. The number of benzene rings is 2. The van der Waals surface area contributed by atoms with Gasteiger partial charge in [0.05, 0.1) is 18.4 Å². The lowest BCUT2D eigenvalue weighted by Crippen LogP contribution is -2.39. The van der Waals surface area contributed by atoms with Crippen molar-refractivity contribution in [3.8, 4) is 0 Å². The SMILES string of the molecule is COC(=O)c1ccccc1NC(=O)CN1C(=O)[C@H](C)N(c2ccc(C)cc2)C1=O. The molecule has 3 rings (SSSR count). The molecule has 29 heavy (non-hydrogen) atoms. The van der Waals surface area contributed by atoms with E-state index < -0.39 is 36.4 Å². The highest BCUT2D eigenvalue weighted by molar-refractivity contribution is 6.16. The first-order valence-corrected chi connectivity index (χ1v) is 9.02. The Balaban J connectivity index is 1.76. The molecule has 0 spiro atoms. The first kappa shape index (κ1) is 20.1. The monoisotopic (exact) mass is 395 g/mol. The Kier molecular flexibility index (Phi) is 5.63. The van der Waals surface area contributed by atoms with Crippen LogP contribution >= 0.6 is 0 Å². The summed E-state index contributed by atoms with van der Waals surface area (Å²) in [7, 11) is 1.24. The van der Waals surface area contributed by atoms with Gasteiger partial charge in [-0.2, -0.15) is 0 Å². The number of urea groups is 1. The summed E-state index contributed by atoms with van der Waals surface area (Å²) < 4.78 is 4.70. The number of nitrogens with one attached hydrogen (secondary N) is 1. The molecule has 2 aromatic rings. The number of hydrogen-bond donors (Lipinski definition) is 1. The molecule has 1 saturated heterocycles. The fraction of sp³-hybridized carbons (Fsp3) is 0.238. The van der Waals surface area contributed by atoms with Gasteiger partial charge in [-0.25, -0.2) is 9.59 Å². The lowest BCUT2D eigenvalue weighted by molar-refractivity contribution is -0.130. The number of aryl methyl sites for hydroxylation is 1. The molecule has 0 radical (unpaired) electrons. The van der Waals surface area contributed by atoms with E-state index in [4.69, 9.17) is 4.74 Å². The second-order valence-corrected chi connectivity index (χ2v) is 6.67. The number of anilines is 2. The Morgan fingerprint density at radius 2 is 1.72 bits per heavy atom. The van der Waals surface area contributed by atoms with E-state index in [1.165, 1.54) is 18.1 Å². The zero-order chi connectivity index (χ0) is 21.1. The lowest BCUT2D eigenvalue weighted by atomic mass is 10.2. The molecule has 1 N–H and O–H groups in total. The van der Waals surface area contributed by atoms with Crippen LogP contribution in [0.25, 0.3) is 0 Å². The van der Waals surface area contributed by atoms with Crippen molar-refractivity contribution in [3.05, 3.63) is 59.7 Å². The summed E-state index contributed by atoms with van der Waals surface area (Å²) in [5, 5.41) is 2.57. The van der Waals surface area contributed by atoms with Gasteiger partial charge in [-0.15, -0.1) is 0 Å². The fourth-order valence-electron chi connectivity index (χ4n) is 3.12. The van der Waals surface area contributed by atoms with E-state index in [9.17, 15) is 19.2 Å². The number of amides is 4. The van der Waals surface area contributed by atoms with Gasteiger partial charge in [-0.1, -0.05) is 29.8 Å². The second kappa shape index (κ2) is 8.14. The van der Waals surface area contributed by atoms with Crippen LogP contribution in [0, 0.1) is 6.92 Å². The average molecular weight is 395 g/mol. The smallest absolute Gasteiger partial charge is 0.339 e. The Bertz CT molecular complexity index is 971. The van der Waals surface area contributed by atoms with Crippen molar-refractivity contribution in [2.75, 3.05) is 23.9 Å². The number of carbonyl (C=O) groups excluding carboxylic acids is 4. The van der Waals surface area contributed by atoms with Crippen molar-refractivity contribution in [2.24, 2.45) is 0 Å². The summed E-state index contributed by atoms with van der Waals surface area (Å²) in [5.74, 6) is -1.67. The van der Waals surface area contributed by atoms with Crippen LogP contribution in [0.5, 0.6) is 0 Å². The predicted octanol–water partition coefficient (Wildman–Crippen LogP) is 2.58. The minimum atomic E-state index is -0.722. The summed E-state index contributed by atoms with van der Waals surface area (Å²) >= 11 is 0. The van der Waals surface area contributed by atoms with E-state index in [2.05, 4.69) is 5.32 Å². The quantitative estimate of drug-likeness (QED) is 0.620. The number of rotatable bonds is 5. The number of carbonyl (C=O) groups is 4. The molecule has 1 aliphatic rings. The Labute approximate surface area is 168 Å². The van der Waals surface area contributed by atoms with Crippen LogP contribution in [0.1, 0.15) is 22.8 Å². The van der Waals surface area contributed by atoms with E-state index in [-0.39, 0.29) is 11.3 Å². The molecule has 0 unspecified atom stereocenters. The van der Waals surface area contributed by atoms with Crippen LogP contribution < -0.4 is 10.2 Å². The van der Waals surface area contributed by atoms with Crippen LogP contribution in [0.4, 0.5) is 16.2 Å². The van der Waals surface area contributed by atoms with Crippen molar-refractivity contribution >= 4 is 35.2 Å². The molecule has 0 saturated carbocycles. The molecule has 1 atom stereocenters. The Morgan fingerprint density at radius 1 is 1.07 bits per heavy atom. The maximum absolute atomic E-state index is 12.8. The topological polar surface area (TPSA) is 96.0 Å². The molecule has 8 heteroatoms. The average Bonchev–Trinajstić information content (AvgIpc) is 2.92. The third-order valence-electron chi connectivity index (χ3n) is 4.67. The molecule has 0 aliphatic carbocycles. The van der Waals surface area contributed by atoms with Crippen molar-refractivity contribution < 1.29 is 23.9 Å². The number of para-hydroxylation sites is 1. The minimum absolute atomic E-state index is 0.178. The van der Waals surface area contributed by atoms with Crippen molar-refractivity contribution in [2.45, 2.75) is 19.9 Å². The van der Waals surface area contributed by atoms with Gasteiger partial charge in [0.1, 0.15) is 12.6 Å². The predicted molar refractivity (Wildman–Crippen MR) is 107 cm³/mol. The maximum atomic E-state index is 12.8. The van der Waals surface area contributed by atoms with Gasteiger partial charge in [-0.05, 0) is 38.1 Å². The van der Waals surface area contributed by atoms with Gasteiger partial charge < -0.3 is 10.1 Å². The van der Waals surface area contributed by atoms with Gasteiger partial charge in [0, 0.05) is 5.69 Å². The third-order valence-corrected chi connectivity index (χ3v) is 4.67. The van der Waals surface area contributed by atoms with E-state index in [1.54, 1.807) is 37.3 Å². The number of esters is 1. The molecule has 150 valence electrons. The standard InChI is InChI=1S/C21H21N3O5/c1-13-8-10-15(11-9-13)24-14(2)19(26)23(21(24)28)12-18(25)22-17-7-5-4-6-16(17)20(27)29-3/h4-11,14H,12H2,1-3H3,(H,22,25)/t14-/m0/s1. The molecule has 1 fully saturated rings. The molecular formula is C21H21N3O5. The summed E-state index contributed by atoms with van der Waals surface area (Å²) in [5.41, 5.74) is 2.03. The third kappa shape index (κ3) is 3.96. The fourth-order valence-corrected chi connectivity index (χ4v) is 3.12. The summed E-state index contributed by atoms with van der Waals surface area (Å²) in [6.07, 6.45) is 0. The summed E-state index contributed by atoms with van der Waals surface area (Å²) in [6.45, 7) is 3.08. The van der Waals surface area contributed by atoms with Crippen LogP contribution in [0.3, 0.4) is 0 Å². The molecule has 2 aromatic carbocycles. The highest BCUT2D eigenvalue weighted by Gasteiger charge is 2.44. The van der Waals surface area contributed by atoms with E-state index in [0.717, 1.165) is 10.5 Å². The molecular weight excluding hydrogens is 374 g/mol. The normalized spacial score (nSPS) is 16.2. The molecule has 1 aliphatic heterocycles. The second-order valence-electron chi connectivity index (χ2n) is 6.67. The maximum Gasteiger partial charge on any atom is 0.339 e. The number of hydrogen-bond acceptors (Lipinski definition) is 5. The van der Waals surface area contributed by atoms with E-state index in [0.29, 0.717) is 5.69 Å². The summed E-state index contributed by atoms with van der Waals surface area (Å²) in [4.78, 5) is 52.0. The van der Waals surface area contributed by atoms with Crippen LogP contribution in [0.2, 0.25) is 0 Å². The number of ether oxygens (including phenoxy) is 1. The highest BCUT2D eigenvalue weighted by Crippen LogP contribution is 2.26. The van der Waals surface area contributed by atoms with Crippen molar-refractivity contribution in [1.82, 2.24) is 4.90 Å². The Morgan fingerprint density at radius 3 is 2.38 bits per heavy atom. The zero-order valence-electron chi connectivity index (χ0n) is 16.3. The number of imide groups is 1. The highest BCUT2D eigenvalue weighted by atomic mass is 16.5. The van der Waals surface area contributed by atoms with Crippen LogP contribution in [-0.2, 0) is 14.3 Å². The first-order chi connectivity index (χ1) is 13.8. The zero-order valence-corrected chi connectivity index (χ0v) is 16.3. The van der Waals surface area contributed by atoms with Crippen LogP contribution in [0.15, 0.2) is 48.5 Å². The van der Waals surface area contributed by atoms with E-state index in [1.807, 2.05) is 19.1 Å². The van der Waals surface area contributed by atoms with Crippen LogP contribution in [-0.4, -0.2) is 48.4 Å². The largest absolute Gasteiger partial charge is 0.465 e. The van der Waals surface area contributed by atoms with Gasteiger partial charge in [0.25, 0.3) is 5.91 Å². The number of methoxy groups -OCH3 is 1. The minimum Gasteiger partial charge on any atom is -0.465 e. The van der Waals surface area contributed by atoms with Gasteiger partial charge in [0.2, 0.25) is 5.91 Å². The Hall–Kier alpha value is -3.68. The van der Waals surface area contributed by atoms with Gasteiger partial charge >= 0.3 is 12.0 Å². The lowest BCUT2D eigenvalue weighted by Gasteiger charge is -2.19. The number of nitrogens with zero attached hydrogens (tertiary/aromatic N) is 2. The van der Waals surface area contributed by atoms with Crippen molar-refractivity contribution in [3.63, 3.8) is 0 Å². The summed E-state index contributed by atoms with van der Waals surface area (Å²) in [6, 6.07) is 12.3. The molecule has 8 nitrogen and oxygen atoms in total. The molecule has 4 amide bonds. The molecule has 0 aromatic heterocycles. The van der Waals surface area contributed by atoms with Gasteiger partial charge in [0.15, 0.2) is 0 Å². The first-order valence-electron chi connectivity index (χ1n) is 9.02. The van der Waals surface area contributed by atoms with E-state index >= 15 is 0 Å². The van der Waals surface area contributed by atoms with Crippen molar-refractivity contribution in [1.29, 1.82) is 0 Å².